The van der Waals surface area contributed by atoms with E-state index in [1.54, 1.807) is 0 Å². The van der Waals surface area contributed by atoms with E-state index in [0.29, 0.717) is 0 Å². The highest BCUT2D eigenvalue weighted by atomic mass is 15.0. The molecule has 0 aliphatic heterocycles. The van der Waals surface area contributed by atoms with Gasteiger partial charge in [-0.2, -0.15) is 0 Å². The summed E-state index contributed by atoms with van der Waals surface area (Å²) in [6.45, 7) is 0.767. The van der Waals surface area contributed by atoms with Crippen molar-refractivity contribution < 1.29 is 0 Å². The van der Waals surface area contributed by atoms with E-state index in [9.17, 15) is 0 Å². The largest absolute Gasteiger partial charge is 0.309 e. The third-order valence-electron chi connectivity index (χ3n) is 2.31. The Kier molecular flexibility index (Phi) is 2.69. The highest BCUT2D eigenvalue weighted by Crippen LogP contribution is 2.28. The predicted octanol–water partition coefficient (Wildman–Crippen LogP) is 0.816. The molecule has 1 aliphatic rings. The van der Waals surface area contributed by atoms with Gasteiger partial charge in [0.2, 0.25) is 0 Å². The summed E-state index contributed by atoms with van der Waals surface area (Å²) < 4.78 is 0. The smallest absolute Gasteiger partial charge is 0.0412 e. The van der Waals surface area contributed by atoms with Crippen LogP contribution in [-0.2, 0) is 0 Å². The van der Waals surface area contributed by atoms with Crippen LogP contribution in [0.3, 0.4) is 0 Å². The first-order valence-electron chi connectivity index (χ1n) is 3.74. The van der Waals surface area contributed by atoms with Crippen LogP contribution in [0.2, 0.25) is 0 Å². The van der Waals surface area contributed by atoms with Crippen molar-refractivity contribution in [1.29, 1.82) is 0 Å². The zero-order valence-corrected chi connectivity index (χ0v) is 6.19. The lowest BCUT2D eigenvalue weighted by Crippen LogP contribution is -2.46. The van der Waals surface area contributed by atoms with Gasteiger partial charge in [-0.25, -0.2) is 0 Å². The van der Waals surface area contributed by atoms with E-state index in [0.717, 1.165) is 19.4 Å². The molecule has 0 spiro atoms. The molecule has 1 rings (SSSR count). The summed E-state index contributed by atoms with van der Waals surface area (Å²) in [6, 6.07) is 0. The van der Waals surface area contributed by atoms with Crippen molar-refractivity contribution in [1.82, 2.24) is 10.6 Å². The van der Waals surface area contributed by atoms with Gasteiger partial charge in [0.25, 0.3) is 0 Å². The summed E-state index contributed by atoms with van der Waals surface area (Å²) in [7, 11) is 10.6. The minimum Gasteiger partial charge on any atom is -0.309 e. The maximum atomic E-state index is 5.41. The lowest BCUT2D eigenvalue weighted by Gasteiger charge is -2.27. The minimum atomic E-state index is 0.0781. The molecule has 2 N–H and O–H groups in total. The van der Waals surface area contributed by atoms with Crippen molar-refractivity contribution in [3.8, 4) is 0 Å². The Morgan fingerprint density at radius 1 is 1.20 bits per heavy atom. The third kappa shape index (κ3) is 1.50. The first-order chi connectivity index (χ1) is 4.83. The molecule has 0 unspecified atom stereocenters. The fourth-order valence-electron chi connectivity index (χ4n) is 1.62. The molecule has 0 heterocycles. The third-order valence-corrected chi connectivity index (χ3v) is 2.31. The average molecular weight is 138 g/mol. The molecule has 1 aliphatic carbocycles. The zero-order chi connectivity index (χ0) is 7.45. The topological polar surface area (TPSA) is 24.1 Å². The quantitative estimate of drug-likeness (QED) is 0.564. The molecular formula is C8H14N2. The van der Waals surface area contributed by atoms with Crippen LogP contribution in [0.1, 0.15) is 25.7 Å². The number of hydrogen-bond acceptors (Lipinski definition) is 2. The molecule has 56 valence electrons. The SMILES string of the molecule is [CH]NCC1(N[CH])CCCC1. The zero-order valence-electron chi connectivity index (χ0n) is 6.19. The van der Waals surface area contributed by atoms with Gasteiger partial charge in [0.15, 0.2) is 0 Å². The van der Waals surface area contributed by atoms with Crippen LogP contribution >= 0.6 is 0 Å². The van der Waals surface area contributed by atoms with E-state index < -0.39 is 0 Å². The van der Waals surface area contributed by atoms with Crippen LogP contribution in [-0.4, -0.2) is 12.1 Å². The number of rotatable bonds is 3. The van der Waals surface area contributed by atoms with Crippen molar-refractivity contribution >= 4 is 0 Å². The van der Waals surface area contributed by atoms with E-state index in [-0.39, 0.29) is 5.54 Å². The molecule has 0 bridgehead atoms. The molecule has 0 aromatic heterocycles. The second-order valence-electron chi connectivity index (χ2n) is 3.01. The van der Waals surface area contributed by atoms with Gasteiger partial charge in [-0.1, -0.05) is 12.8 Å². The maximum Gasteiger partial charge on any atom is 0.0412 e. The van der Waals surface area contributed by atoms with Crippen molar-refractivity contribution in [2.24, 2.45) is 0 Å². The summed E-state index contributed by atoms with van der Waals surface area (Å²) in [6.07, 6.45) is 4.78. The minimum absolute atomic E-state index is 0.0781. The highest BCUT2D eigenvalue weighted by Gasteiger charge is 2.30. The summed E-state index contributed by atoms with van der Waals surface area (Å²) in [5.41, 5.74) is 0.0781. The van der Waals surface area contributed by atoms with Crippen LogP contribution in [0.15, 0.2) is 0 Å². The van der Waals surface area contributed by atoms with E-state index in [2.05, 4.69) is 10.6 Å². The molecule has 4 radical (unpaired) electrons. The Bertz CT molecular complexity index is 95.4. The molecule has 10 heavy (non-hydrogen) atoms. The molecule has 1 saturated carbocycles. The van der Waals surface area contributed by atoms with E-state index in [4.69, 9.17) is 14.1 Å². The predicted molar refractivity (Wildman–Crippen MR) is 40.9 cm³/mol. The maximum absolute atomic E-state index is 5.41. The van der Waals surface area contributed by atoms with E-state index in [1.165, 1.54) is 12.8 Å². The average Bonchev–Trinajstić information content (AvgIpc) is 2.39. The summed E-state index contributed by atoms with van der Waals surface area (Å²) in [5, 5.41) is 5.49. The summed E-state index contributed by atoms with van der Waals surface area (Å²) in [4.78, 5) is 0. The van der Waals surface area contributed by atoms with Crippen LogP contribution < -0.4 is 10.6 Å². The molecule has 0 aromatic carbocycles. The molecular weight excluding hydrogens is 124 g/mol. The fourth-order valence-corrected chi connectivity index (χ4v) is 1.62. The molecule has 0 atom stereocenters. The van der Waals surface area contributed by atoms with Crippen LogP contribution in [0.25, 0.3) is 0 Å². The first-order valence-corrected chi connectivity index (χ1v) is 3.74. The van der Waals surface area contributed by atoms with Gasteiger partial charge in [0.1, 0.15) is 0 Å². The summed E-state index contributed by atoms with van der Waals surface area (Å²) >= 11 is 0. The van der Waals surface area contributed by atoms with Crippen LogP contribution in [0, 0.1) is 14.1 Å². The van der Waals surface area contributed by atoms with Gasteiger partial charge in [-0.3, -0.25) is 0 Å². The van der Waals surface area contributed by atoms with Crippen molar-refractivity contribution in [2.75, 3.05) is 6.54 Å². The van der Waals surface area contributed by atoms with Gasteiger partial charge >= 0.3 is 0 Å². The Balaban J connectivity index is 2.41. The first kappa shape index (κ1) is 8.02. The van der Waals surface area contributed by atoms with Gasteiger partial charge in [0.05, 0.1) is 0 Å². The van der Waals surface area contributed by atoms with Crippen molar-refractivity contribution in [2.45, 2.75) is 31.2 Å². The van der Waals surface area contributed by atoms with Crippen molar-refractivity contribution in [3.05, 3.63) is 14.1 Å². The van der Waals surface area contributed by atoms with Gasteiger partial charge in [-0.05, 0) is 12.8 Å². The lowest BCUT2D eigenvalue weighted by molar-refractivity contribution is 0.364. The summed E-state index contributed by atoms with van der Waals surface area (Å²) in [5.74, 6) is 0. The van der Waals surface area contributed by atoms with Gasteiger partial charge < -0.3 is 10.6 Å². The molecule has 2 nitrogen and oxygen atoms in total. The Morgan fingerprint density at radius 2 is 1.80 bits per heavy atom. The molecule has 0 aromatic rings. The monoisotopic (exact) mass is 138 g/mol. The lowest BCUT2D eigenvalue weighted by atomic mass is 9.98. The van der Waals surface area contributed by atoms with Gasteiger partial charge in [0, 0.05) is 26.2 Å². The Morgan fingerprint density at radius 3 is 2.20 bits per heavy atom. The molecule has 1 fully saturated rings. The van der Waals surface area contributed by atoms with E-state index >= 15 is 0 Å². The molecule has 2 heteroatoms. The Hall–Kier alpha value is -0.0800. The normalized spacial score (nSPS) is 23.4. The van der Waals surface area contributed by atoms with E-state index in [1.807, 2.05) is 0 Å². The second-order valence-corrected chi connectivity index (χ2v) is 3.01. The van der Waals surface area contributed by atoms with Gasteiger partial charge in [-0.15, -0.1) is 0 Å². The number of nitrogens with one attached hydrogen (secondary N) is 2. The van der Waals surface area contributed by atoms with Crippen LogP contribution in [0.4, 0.5) is 0 Å². The van der Waals surface area contributed by atoms with Crippen LogP contribution in [0.5, 0.6) is 0 Å². The number of hydrogen-bond donors (Lipinski definition) is 2. The standard InChI is InChI=1S/C8H14N2/c1-9-7-8(10-2)5-3-4-6-8/h1-2,9-10H,3-7H2. The highest BCUT2D eigenvalue weighted by molar-refractivity contribution is 4.94. The fraction of sp³-hybridized carbons (Fsp3) is 0.750. The second kappa shape index (κ2) is 3.35. The van der Waals surface area contributed by atoms with Crippen molar-refractivity contribution in [3.63, 3.8) is 0 Å². The molecule has 0 amide bonds. The molecule has 0 saturated heterocycles. The Labute approximate surface area is 63.4 Å².